The van der Waals surface area contributed by atoms with Crippen molar-refractivity contribution >= 4 is 11.9 Å². The first kappa shape index (κ1) is 23.1. The highest BCUT2D eigenvalue weighted by Gasteiger charge is 2.28. The summed E-state index contributed by atoms with van der Waals surface area (Å²) in [6, 6.07) is 8.84. The van der Waals surface area contributed by atoms with Gasteiger partial charge in [-0.25, -0.2) is 0 Å². The third kappa shape index (κ3) is 9.02. The smallest absolute Gasteiger partial charge is 0.308 e. The van der Waals surface area contributed by atoms with Crippen molar-refractivity contribution in [2.45, 2.75) is 65.0 Å². The maximum Gasteiger partial charge on any atom is 0.308 e. The molecule has 5 N–H and O–H groups in total. The standard InChI is InChI=1S/C21H35N3O3/c1-4-5-11-19(17(21(26)27)12-15(2)3)23-14-24-20(25)18(22)13-16-9-7-6-8-10-16/h6-10,15,17-19,23H,4-5,11-14,22H2,1-3H3,(H,24,25)(H,26,27). The van der Waals surface area contributed by atoms with E-state index >= 15 is 0 Å². The first-order chi connectivity index (χ1) is 12.8. The van der Waals surface area contributed by atoms with E-state index in [1.54, 1.807) is 0 Å². The molecule has 1 aromatic rings. The molecule has 152 valence electrons. The summed E-state index contributed by atoms with van der Waals surface area (Å²) in [5.41, 5.74) is 7.00. The molecule has 1 amide bonds. The average molecular weight is 378 g/mol. The van der Waals surface area contributed by atoms with Gasteiger partial charge in [0.15, 0.2) is 0 Å². The van der Waals surface area contributed by atoms with Crippen LogP contribution in [0.5, 0.6) is 0 Å². The van der Waals surface area contributed by atoms with Crippen molar-refractivity contribution in [3.05, 3.63) is 35.9 Å². The molecular weight excluding hydrogens is 342 g/mol. The van der Waals surface area contributed by atoms with Gasteiger partial charge < -0.3 is 16.2 Å². The average Bonchev–Trinajstić information content (AvgIpc) is 2.63. The van der Waals surface area contributed by atoms with Crippen LogP contribution in [0.2, 0.25) is 0 Å². The lowest BCUT2D eigenvalue weighted by Crippen LogP contribution is -2.49. The molecule has 3 unspecified atom stereocenters. The Morgan fingerprint density at radius 2 is 1.85 bits per heavy atom. The number of nitrogens with one attached hydrogen (secondary N) is 2. The summed E-state index contributed by atoms with van der Waals surface area (Å²) >= 11 is 0. The van der Waals surface area contributed by atoms with Gasteiger partial charge in [-0.3, -0.25) is 14.9 Å². The van der Waals surface area contributed by atoms with Crippen molar-refractivity contribution in [1.29, 1.82) is 0 Å². The van der Waals surface area contributed by atoms with E-state index in [-0.39, 0.29) is 18.6 Å². The van der Waals surface area contributed by atoms with E-state index in [9.17, 15) is 14.7 Å². The molecule has 3 atom stereocenters. The Hall–Kier alpha value is -1.92. The molecule has 1 aromatic carbocycles. The number of carboxylic acids is 1. The van der Waals surface area contributed by atoms with Crippen molar-refractivity contribution in [2.75, 3.05) is 6.67 Å². The lowest BCUT2D eigenvalue weighted by atomic mass is 9.87. The summed E-state index contributed by atoms with van der Waals surface area (Å²) in [5.74, 6) is -1.20. The van der Waals surface area contributed by atoms with E-state index in [1.165, 1.54) is 0 Å². The van der Waals surface area contributed by atoms with Gasteiger partial charge in [0, 0.05) is 6.04 Å². The lowest BCUT2D eigenvalue weighted by Gasteiger charge is -2.27. The Bertz CT molecular complexity index is 563. The number of amides is 1. The fourth-order valence-electron chi connectivity index (χ4n) is 3.18. The number of benzene rings is 1. The normalized spacial score (nSPS) is 14.6. The highest BCUT2D eigenvalue weighted by molar-refractivity contribution is 5.81. The number of hydrogen-bond donors (Lipinski definition) is 4. The van der Waals surface area contributed by atoms with Crippen molar-refractivity contribution in [3.8, 4) is 0 Å². The predicted octanol–water partition coefficient (Wildman–Crippen LogP) is 2.53. The first-order valence-corrected chi connectivity index (χ1v) is 9.88. The minimum atomic E-state index is -0.788. The summed E-state index contributed by atoms with van der Waals surface area (Å²) in [6.07, 6.45) is 3.79. The van der Waals surface area contributed by atoms with Gasteiger partial charge in [0.25, 0.3) is 0 Å². The molecule has 0 aliphatic carbocycles. The topological polar surface area (TPSA) is 104 Å². The number of rotatable bonds is 13. The molecule has 6 nitrogen and oxygen atoms in total. The van der Waals surface area contributed by atoms with Crippen molar-refractivity contribution in [1.82, 2.24) is 10.6 Å². The van der Waals surface area contributed by atoms with Crippen LogP contribution in [0.4, 0.5) is 0 Å². The maximum absolute atomic E-state index is 12.2. The quantitative estimate of drug-likeness (QED) is 0.395. The van der Waals surface area contributed by atoms with E-state index in [0.717, 1.165) is 24.8 Å². The van der Waals surface area contributed by atoms with Crippen LogP contribution < -0.4 is 16.4 Å². The summed E-state index contributed by atoms with van der Waals surface area (Å²) in [4.78, 5) is 23.9. The molecule has 0 aromatic heterocycles. The van der Waals surface area contributed by atoms with E-state index in [1.807, 2.05) is 44.2 Å². The second kappa shape index (κ2) is 12.5. The fourth-order valence-corrected chi connectivity index (χ4v) is 3.18. The van der Waals surface area contributed by atoms with Gasteiger partial charge in [-0.2, -0.15) is 0 Å². The van der Waals surface area contributed by atoms with Crippen molar-refractivity contribution in [2.24, 2.45) is 17.6 Å². The van der Waals surface area contributed by atoms with Gasteiger partial charge in [-0.05, 0) is 30.7 Å². The van der Waals surface area contributed by atoms with Crippen LogP contribution in [0.3, 0.4) is 0 Å². The van der Waals surface area contributed by atoms with Crippen LogP contribution in [-0.2, 0) is 16.0 Å². The lowest BCUT2D eigenvalue weighted by molar-refractivity contribution is -0.143. The maximum atomic E-state index is 12.2. The zero-order chi connectivity index (χ0) is 20.2. The summed E-state index contributed by atoms with van der Waals surface area (Å²) < 4.78 is 0. The van der Waals surface area contributed by atoms with Gasteiger partial charge in [0.05, 0.1) is 18.6 Å². The number of hydrogen-bond acceptors (Lipinski definition) is 4. The van der Waals surface area contributed by atoms with E-state index in [2.05, 4.69) is 17.6 Å². The zero-order valence-electron chi connectivity index (χ0n) is 16.8. The van der Waals surface area contributed by atoms with Crippen LogP contribution in [0, 0.1) is 11.8 Å². The van der Waals surface area contributed by atoms with Crippen molar-refractivity contribution < 1.29 is 14.7 Å². The molecule has 1 rings (SSSR count). The summed E-state index contributed by atoms with van der Waals surface area (Å²) in [7, 11) is 0. The molecule has 0 aliphatic heterocycles. The zero-order valence-corrected chi connectivity index (χ0v) is 16.8. The molecule has 0 saturated carbocycles. The Balaban J connectivity index is 2.55. The molecule has 0 radical (unpaired) electrons. The van der Waals surface area contributed by atoms with E-state index in [4.69, 9.17) is 5.73 Å². The predicted molar refractivity (Wildman–Crippen MR) is 108 cm³/mol. The summed E-state index contributed by atoms with van der Waals surface area (Å²) in [6.45, 7) is 6.35. The number of carbonyl (C=O) groups is 2. The van der Waals surface area contributed by atoms with E-state index in [0.29, 0.717) is 18.8 Å². The Kier molecular flexibility index (Phi) is 10.7. The molecule has 0 bridgehead atoms. The monoisotopic (exact) mass is 377 g/mol. The van der Waals surface area contributed by atoms with Gasteiger partial charge in [0.2, 0.25) is 5.91 Å². The van der Waals surface area contributed by atoms with Crippen LogP contribution in [0.25, 0.3) is 0 Å². The second-order valence-corrected chi connectivity index (χ2v) is 7.54. The molecule has 0 aliphatic rings. The van der Waals surface area contributed by atoms with Crippen LogP contribution in [0.1, 0.15) is 52.0 Å². The second-order valence-electron chi connectivity index (χ2n) is 7.54. The minimum Gasteiger partial charge on any atom is -0.481 e. The van der Waals surface area contributed by atoms with Gasteiger partial charge in [-0.15, -0.1) is 0 Å². The molecular formula is C21H35N3O3. The number of nitrogens with two attached hydrogens (primary N) is 1. The molecule has 0 saturated heterocycles. The third-order valence-corrected chi connectivity index (χ3v) is 4.66. The van der Waals surface area contributed by atoms with Crippen LogP contribution in [-0.4, -0.2) is 35.7 Å². The fraction of sp³-hybridized carbons (Fsp3) is 0.619. The highest BCUT2D eigenvalue weighted by atomic mass is 16.4. The number of carbonyl (C=O) groups excluding carboxylic acids is 1. The minimum absolute atomic E-state index is 0.171. The highest BCUT2D eigenvalue weighted by Crippen LogP contribution is 2.20. The molecule has 6 heteroatoms. The Morgan fingerprint density at radius 1 is 1.19 bits per heavy atom. The van der Waals surface area contributed by atoms with Crippen molar-refractivity contribution in [3.63, 3.8) is 0 Å². The number of unbranched alkanes of at least 4 members (excludes halogenated alkanes) is 1. The van der Waals surface area contributed by atoms with Crippen LogP contribution >= 0.6 is 0 Å². The Morgan fingerprint density at radius 3 is 2.41 bits per heavy atom. The number of aliphatic carboxylic acids is 1. The molecule has 0 spiro atoms. The van der Waals surface area contributed by atoms with Gasteiger partial charge in [-0.1, -0.05) is 63.9 Å². The van der Waals surface area contributed by atoms with Crippen LogP contribution in [0.15, 0.2) is 30.3 Å². The Labute approximate surface area is 162 Å². The third-order valence-electron chi connectivity index (χ3n) is 4.66. The van der Waals surface area contributed by atoms with E-state index < -0.39 is 17.9 Å². The largest absolute Gasteiger partial charge is 0.481 e. The number of carboxylic acid groups (broad SMARTS) is 1. The molecule has 27 heavy (non-hydrogen) atoms. The molecule has 0 fully saturated rings. The summed E-state index contributed by atoms with van der Waals surface area (Å²) in [5, 5.41) is 15.6. The van der Waals surface area contributed by atoms with Gasteiger partial charge >= 0.3 is 5.97 Å². The first-order valence-electron chi connectivity index (χ1n) is 9.88. The van der Waals surface area contributed by atoms with Gasteiger partial charge in [0.1, 0.15) is 0 Å². The molecule has 0 heterocycles. The SMILES string of the molecule is CCCCC(NCNC(=O)C(N)Cc1ccccc1)C(CC(C)C)C(=O)O.